The minimum atomic E-state index is -0.495. The summed E-state index contributed by atoms with van der Waals surface area (Å²) in [5.41, 5.74) is 5.76. The fourth-order valence-corrected chi connectivity index (χ4v) is 2.80. The standard InChI is InChI=1S/C24H22ClN3O3/c1-17-4-2-3-5-22(17)27-23(29)14-24(30)28-26-15-18-8-12-21(13-9-18)31-16-19-6-10-20(25)11-7-19/h2-13,15H,14,16H2,1H3,(H,27,29)(H,28,30). The van der Waals surface area contributed by atoms with Gasteiger partial charge in [-0.1, -0.05) is 41.9 Å². The van der Waals surface area contributed by atoms with Crippen LogP contribution in [0, 0.1) is 6.92 Å². The number of hydrogen-bond donors (Lipinski definition) is 2. The first-order valence-corrected chi connectivity index (χ1v) is 10.0. The lowest BCUT2D eigenvalue weighted by molar-refractivity contribution is -0.126. The van der Waals surface area contributed by atoms with Gasteiger partial charge in [0.05, 0.1) is 6.21 Å². The van der Waals surface area contributed by atoms with Crippen molar-refractivity contribution >= 4 is 35.3 Å². The lowest BCUT2D eigenvalue weighted by Crippen LogP contribution is -2.24. The van der Waals surface area contributed by atoms with Gasteiger partial charge in [0.1, 0.15) is 18.8 Å². The van der Waals surface area contributed by atoms with Gasteiger partial charge in [-0.3, -0.25) is 9.59 Å². The lowest BCUT2D eigenvalue weighted by Gasteiger charge is -2.07. The monoisotopic (exact) mass is 435 g/mol. The molecule has 0 heterocycles. The molecule has 7 heteroatoms. The number of carbonyl (C=O) groups excluding carboxylic acids is 2. The Balaban J connectivity index is 1.42. The SMILES string of the molecule is Cc1ccccc1NC(=O)CC(=O)NN=Cc1ccc(OCc2ccc(Cl)cc2)cc1. The third-order valence-electron chi connectivity index (χ3n) is 4.34. The van der Waals surface area contributed by atoms with E-state index in [4.69, 9.17) is 16.3 Å². The molecule has 0 aliphatic heterocycles. The van der Waals surface area contributed by atoms with Gasteiger partial charge >= 0.3 is 0 Å². The van der Waals surface area contributed by atoms with Crippen molar-refractivity contribution in [3.63, 3.8) is 0 Å². The molecular weight excluding hydrogens is 414 g/mol. The normalized spacial score (nSPS) is 10.6. The van der Waals surface area contributed by atoms with E-state index in [-0.39, 0.29) is 6.42 Å². The maximum Gasteiger partial charge on any atom is 0.249 e. The first kappa shape index (κ1) is 22.1. The minimum absolute atomic E-state index is 0.316. The van der Waals surface area contributed by atoms with Gasteiger partial charge in [0.25, 0.3) is 0 Å². The van der Waals surface area contributed by atoms with Crippen molar-refractivity contribution in [2.45, 2.75) is 20.0 Å². The largest absolute Gasteiger partial charge is 0.489 e. The summed E-state index contributed by atoms with van der Waals surface area (Å²) in [6.45, 7) is 2.32. The van der Waals surface area contributed by atoms with Crippen LogP contribution in [-0.4, -0.2) is 18.0 Å². The Morgan fingerprint density at radius 3 is 2.39 bits per heavy atom. The van der Waals surface area contributed by atoms with E-state index >= 15 is 0 Å². The lowest BCUT2D eigenvalue weighted by atomic mass is 10.2. The minimum Gasteiger partial charge on any atom is -0.489 e. The predicted octanol–water partition coefficient (Wildman–Crippen LogP) is 4.71. The smallest absolute Gasteiger partial charge is 0.249 e. The Labute approximate surface area is 185 Å². The number of ether oxygens (including phenoxy) is 1. The van der Waals surface area contributed by atoms with Crippen LogP contribution < -0.4 is 15.5 Å². The third kappa shape index (κ3) is 7.28. The number of amides is 2. The van der Waals surface area contributed by atoms with E-state index in [9.17, 15) is 9.59 Å². The van der Waals surface area contributed by atoms with Crippen LogP contribution in [0.25, 0.3) is 0 Å². The molecular formula is C24H22ClN3O3. The van der Waals surface area contributed by atoms with Crippen LogP contribution in [0.3, 0.4) is 0 Å². The molecule has 0 aliphatic carbocycles. The van der Waals surface area contributed by atoms with E-state index in [1.165, 1.54) is 6.21 Å². The number of benzene rings is 3. The quantitative estimate of drug-likeness (QED) is 0.305. The van der Waals surface area contributed by atoms with Gasteiger partial charge in [-0.25, -0.2) is 5.43 Å². The van der Waals surface area contributed by atoms with Crippen molar-refractivity contribution in [3.8, 4) is 5.75 Å². The van der Waals surface area contributed by atoms with Crippen molar-refractivity contribution in [1.29, 1.82) is 0 Å². The zero-order valence-corrected chi connectivity index (χ0v) is 17.7. The number of para-hydroxylation sites is 1. The van der Waals surface area contributed by atoms with E-state index in [1.807, 2.05) is 73.7 Å². The first-order chi connectivity index (χ1) is 15.0. The molecule has 0 atom stereocenters. The predicted molar refractivity (Wildman–Crippen MR) is 122 cm³/mol. The van der Waals surface area contributed by atoms with Crippen molar-refractivity contribution < 1.29 is 14.3 Å². The van der Waals surface area contributed by atoms with Gasteiger partial charge in [0, 0.05) is 10.7 Å². The Kier molecular flexibility index (Phi) is 7.79. The summed E-state index contributed by atoms with van der Waals surface area (Å²) in [5, 5.41) is 7.29. The Bertz CT molecular complexity index is 1060. The first-order valence-electron chi connectivity index (χ1n) is 9.64. The average molecular weight is 436 g/mol. The molecule has 2 N–H and O–H groups in total. The highest BCUT2D eigenvalue weighted by atomic mass is 35.5. The van der Waals surface area contributed by atoms with Gasteiger partial charge in [-0.2, -0.15) is 5.10 Å². The topological polar surface area (TPSA) is 79.8 Å². The number of aryl methyl sites for hydroxylation is 1. The van der Waals surface area contributed by atoms with Gasteiger partial charge in [-0.15, -0.1) is 0 Å². The molecule has 3 rings (SSSR count). The highest BCUT2D eigenvalue weighted by Gasteiger charge is 2.09. The van der Waals surface area contributed by atoms with Crippen molar-refractivity contribution in [1.82, 2.24) is 5.43 Å². The Hall–Kier alpha value is -3.64. The van der Waals surface area contributed by atoms with E-state index in [0.717, 1.165) is 16.7 Å². The molecule has 0 unspecified atom stereocenters. The maximum atomic E-state index is 12.0. The second kappa shape index (κ2) is 10.9. The molecule has 3 aromatic carbocycles. The molecule has 0 radical (unpaired) electrons. The molecule has 3 aromatic rings. The summed E-state index contributed by atoms with van der Waals surface area (Å²) >= 11 is 5.87. The molecule has 158 valence electrons. The summed E-state index contributed by atoms with van der Waals surface area (Å²) in [6.07, 6.45) is 1.18. The fraction of sp³-hybridized carbons (Fsp3) is 0.125. The summed E-state index contributed by atoms with van der Waals surface area (Å²) in [6, 6.07) is 22.1. The molecule has 0 spiro atoms. The number of nitrogens with zero attached hydrogens (tertiary/aromatic N) is 1. The maximum absolute atomic E-state index is 12.0. The van der Waals surface area contributed by atoms with Crippen LogP contribution in [0.1, 0.15) is 23.1 Å². The molecule has 0 fully saturated rings. The number of nitrogens with one attached hydrogen (secondary N) is 2. The summed E-state index contributed by atoms with van der Waals surface area (Å²) in [4.78, 5) is 23.9. The molecule has 2 amide bonds. The van der Waals surface area contributed by atoms with E-state index in [2.05, 4.69) is 15.8 Å². The van der Waals surface area contributed by atoms with Gasteiger partial charge in [0.2, 0.25) is 11.8 Å². The number of hydrogen-bond acceptors (Lipinski definition) is 4. The Morgan fingerprint density at radius 2 is 1.68 bits per heavy atom. The van der Waals surface area contributed by atoms with Crippen LogP contribution >= 0.6 is 11.6 Å². The molecule has 0 saturated carbocycles. The molecule has 31 heavy (non-hydrogen) atoms. The van der Waals surface area contributed by atoms with Crippen LogP contribution in [0.5, 0.6) is 5.75 Å². The van der Waals surface area contributed by atoms with E-state index < -0.39 is 11.8 Å². The van der Waals surface area contributed by atoms with Gasteiger partial charge in [-0.05, 0) is 66.1 Å². The molecule has 6 nitrogen and oxygen atoms in total. The zero-order chi connectivity index (χ0) is 22.1. The molecule has 0 saturated heterocycles. The number of anilines is 1. The number of rotatable bonds is 8. The summed E-state index contributed by atoms with van der Waals surface area (Å²) in [7, 11) is 0. The zero-order valence-electron chi connectivity index (χ0n) is 17.0. The number of carbonyl (C=O) groups is 2. The van der Waals surface area contributed by atoms with Crippen LogP contribution in [0.2, 0.25) is 5.02 Å². The number of halogens is 1. The molecule has 0 bridgehead atoms. The van der Waals surface area contributed by atoms with E-state index in [1.54, 1.807) is 6.07 Å². The van der Waals surface area contributed by atoms with Gasteiger partial charge in [0.15, 0.2) is 0 Å². The second-order valence-electron chi connectivity index (χ2n) is 6.82. The van der Waals surface area contributed by atoms with Crippen LogP contribution in [0.15, 0.2) is 77.9 Å². The average Bonchev–Trinajstić information content (AvgIpc) is 2.76. The van der Waals surface area contributed by atoms with Crippen molar-refractivity contribution in [3.05, 3.63) is 94.5 Å². The third-order valence-corrected chi connectivity index (χ3v) is 4.59. The van der Waals surface area contributed by atoms with E-state index in [0.29, 0.717) is 23.1 Å². The fourth-order valence-electron chi connectivity index (χ4n) is 2.67. The van der Waals surface area contributed by atoms with Crippen LogP contribution in [0.4, 0.5) is 5.69 Å². The van der Waals surface area contributed by atoms with Crippen molar-refractivity contribution in [2.24, 2.45) is 5.10 Å². The number of hydrazone groups is 1. The van der Waals surface area contributed by atoms with Crippen LogP contribution in [-0.2, 0) is 16.2 Å². The molecule has 0 aliphatic rings. The second-order valence-corrected chi connectivity index (χ2v) is 7.25. The van der Waals surface area contributed by atoms with Crippen molar-refractivity contribution in [2.75, 3.05) is 5.32 Å². The molecule has 0 aromatic heterocycles. The highest BCUT2D eigenvalue weighted by Crippen LogP contribution is 2.15. The Morgan fingerprint density at radius 1 is 0.968 bits per heavy atom. The highest BCUT2D eigenvalue weighted by molar-refractivity contribution is 6.30. The van der Waals surface area contributed by atoms with Gasteiger partial charge < -0.3 is 10.1 Å². The summed E-state index contributed by atoms with van der Waals surface area (Å²) in [5.74, 6) is -0.182. The summed E-state index contributed by atoms with van der Waals surface area (Å²) < 4.78 is 5.73.